The smallest absolute Gasteiger partial charge is 0.328 e. The normalized spacial score (nSPS) is 17.4. The zero-order valence-corrected chi connectivity index (χ0v) is 36.0. The molecule has 1 aliphatic heterocycles. The number of carboxylic acids is 2. The maximum atomic E-state index is 14.0. The van der Waals surface area contributed by atoms with Gasteiger partial charge in [-0.3, -0.25) is 48.1 Å². The number of likely N-dealkylation sites (tertiary alicyclic amines) is 1. The van der Waals surface area contributed by atoms with Gasteiger partial charge in [0.15, 0.2) is 5.96 Å². The van der Waals surface area contributed by atoms with Crippen LogP contribution in [0.4, 0.5) is 0 Å². The second-order valence-electron chi connectivity index (χ2n) is 15.7. The fourth-order valence-electron chi connectivity index (χ4n) is 6.29. The number of carbonyl (C=O) groups excluding carboxylic acids is 8. The van der Waals surface area contributed by atoms with Crippen LogP contribution in [-0.2, 0) is 47.9 Å². The van der Waals surface area contributed by atoms with E-state index in [0.717, 1.165) is 4.90 Å². The van der Waals surface area contributed by atoms with Crippen molar-refractivity contribution in [2.24, 2.45) is 39.8 Å². The third-order valence-corrected chi connectivity index (χ3v) is 9.80. The first-order valence-electron chi connectivity index (χ1n) is 20.3. The van der Waals surface area contributed by atoms with E-state index >= 15 is 0 Å². The van der Waals surface area contributed by atoms with Crippen molar-refractivity contribution in [3.05, 3.63) is 0 Å². The summed E-state index contributed by atoms with van der Waals surface area (Å²) in [5.74, 6) is -12.0. The molecule has 9 atom stereocenters. The van der Waals surface area contributed by atoms with Gasteiger partial charge >= 0.3 is 11.9 Å². The highest BCUT2D eigenvalue weighted by atomic mass is 16.4. The molecule has 0 radical (unpaired) electrons. The molecular weight excluding hydrogens is 836 g/mol. The molecule has 0 aromatic carbocycles. The summed E-state index contributed by atoms with van der Waals surface area (Å²) in [6.07, 6.45) is -2.56. The molecule has 26 heteroatoms. The molecule has 1 rings (SSSR count). The predicted octanol–water partition coefficient (Wildman–Crippen LogP) is -6.22. The summed E-state index contributed by atoms with van der Waals surface area (Å²) < 4.78 is 0. The number of guanidine groups is 1. The lowest BCUT2D eigenvalue weighted by Gasteiger charge is -2.32. The van der Waals surface area contributed by atoms with Crippen LogP contribution >= 0.6 is 0 Å². The van der Waals surface area contributed by atoms with Gasteiger partial charge in [0, 0.05) is 19.5 Å². The summed E-state index contributed by atoms with van der Waals surface area (Å²) in [7, 11) is 0. The lowest BCUT2D eigenvalue weighted by molar-refractivity contribution is -0.145. The Labute approximate surface area is 363 Å². The van der Waals surface area contributed by atoms with Crippen LogP contribution in [0.15, 0.2) is 4.99 Å². The Balaban J connectivity index is 3.26. The van der Waals surface area contributed by atoms with Crippen molar-refractivity contribution in [2.75, 3.05) is 19.7 Å². The van der Waals surface area contributed by atoms with Gasteiger partial charge in [-0.25, -0.2) is 4.79 Å². The molecule has 63 heavy (non-hydrogen) atoms. The summed E-state index contributed by atoms with van der Waals surface area (Å²) in [5.41, 5.74) is 21.9. The standard InChI is InChI=1S/C37H64N12O14/c1-16(2)26(47-34(60)28(18(5)51)48-33(59)27(17(3)4)46-29(55)19(38)8-6-12-42-37(40)41)32(58)43-20(10-11-24(39)52)35(61)49-13-7-9-23(49)31(57)44-21(14-25(53)54)30(56)45-22(15-50)36(62)63/h16-23,26-28,50-51H,6-15,38H2,1-5H3,(H2,39,52)(H,43,58)(H,44,57)(H,45,56)(H,46,55)(H,47,60)(H,48,59)(H,53,54)(H,62,63)(H4,40,41,42)/t18-,19+,20+,21+,22+,23+,26+,27+,28+/m1/s1. The van der Waals surface area contributed by atoms with Crippen LogP contribution in [0, 0.1) is 11.8 Å². The van der Waals surface area contributed by atoms with Crippen molar-refractivity contribution < 1.29 is 68.4 Å². The minimum Gasteiger partial charge on any atom is -0.481 e. The fraction of sp³-hybridized carbons (Fsp3) is 0.703. The first-order valence-corrected chi connectivity index (χ1v) is 20.3. The Morgan fingerprint density at radius 1 is 0.698 bits per heavy atom. The molecule has 356 valence electrons. The van der Waals surface area contributed by atoms with E-state index < -0.39 is 145 Å². The van der Waals surface area contributed by atoms with Gasteiger partial charge in [-0.15, -0.1) is 0 Å². The Hall–Kier alpha value is -6.15. The van der Waals surface area contributed by atoms with Gasteiger partial charge in [-0.1, -0.05) is 27.7 Å². The van der Waals surface area contributed by atoms with Crippen molar-refractivity contribution in [1.82, 2.24) is 36.8 Å². The topological polar surface area (TPSA) is 443 Å². The Kier molecular flexibility index (Phi) is 23.0. The van der Waals surface area contributed by atoms with E-state index in [4.69, 9.17) is 22.9 Å². The molecule has 1 fully saturated rings. The third-order valence-electron chi connectivity index (χ3n) is 9.80. The second-order valence-corrected chi connectivity index (χ2v) is 15.7. The number of aliphatic hydroxyl groups is 2. The summed E-state index contributed by atoms with van der Waals surface area (Å²) in [5, 5.41) is 52.4. The monoisotopic (exact) mass is 900 g/mol. The highest BCUT2D eigenvalue weighted by molar-refractivity contribution is 5.98. The number of hydrogen-bond acceptors (Lipinski definition) is 14. The molecule has 18 N–H and O–H groups in total. The molecule has 0 spiro atoms. The first-order chi connectivity index (χ1) is 29.3. The number of nitrogens with zero attached hydrogens (tertiary/aromatic N) is 2. The minimum absolute atomic E-state index is 0.00976. The molecule has 8 amide bonds. The number of nitrogens with two attached hydrogens (primary N) is 4. The SMILES string of the molecule is CC(C)[C@H](NC(=O)[C@@H](NC(=O)[C@@H](NC(=O)[C@@H](N)CCCN=C(N)N)C(C)C)[C@@H](C)O)C(=O)N[C@@H](CCC(N)=O)C(=O)N1CCC[C@H]1C(=O)N[C@@H](CC(=O)O)C(=O)N[C@@H](CO)C(=O)O. The number of carboxylic acid groups (broad SMARTS) is 2. The van der Waals surface area contributed by atoms with Gasteiger partial charge in [-0.2, -0.15) is 0 Å². The number of rotatable bonds is 27. The van der Waals surface area contributed by atoms with E-state index in [0.29, 0.717) is 6.42 Å². The molecule has 0 aromatic heterocycles. The lowest BCUT2D eigenvalue weighted by atomic mass is 9.99. The summed E-state index contributed by atoms with van der Waals surface area (Å²) in [6.45, 7) is 6.61. The Morgan fingerprint density at radius 3 is 1.71 bits per heavy atom. The van der Waals surface area contributed by atoms with Crippen LogP contribution in [0.3, 0.4) is 0 Å². The highest BCUT2D eigenvalue weighted by Crippen LogP contribution is 2.21. The molecular formula is C37H64N12O14. The molecule has 1 heterocycles. The van der Waals surface area contributed by atoms with Crippen molar-refractivity contribution in [3.63, 3.8) is 0 Å². The van der Waals surface area contributed by atoms with Gasteiger partial charge in [0.1, 0.15) is 42.3 Å². The average molecular weight is 901 g/mol. The van der Waals surface area contributed by atoms with Crippen LogP contribution < -0.4 is 54.8 Å². The van der Waals surface area contributed by atoms with Crippen LogP contribution in [0.1, 0.15) is 79.6 Å². The van der Waals surface area contributed by atoms with Gasteiger partial charge < -0.3 is 80.2 Å². The largest absolute Gasteiger partial charge is 0.481 e. The number of aliphatic carboxylic acids is 2. The van der Waals surface area contributed by atoms with Crippen molar-refractivity contribution in [3.8, 4) is 0 Å². The van der Waals surface area contributed by atoms with Crippen molar-refractivity contribution in [2.45, 2.75) is 134 Å². The predicted molar refractivity (Wildman–Crippen MR) is 221 cm³/mol. The van der Waals surface area contributed by atoms with Gasteiger partial charge in [0.25, 0.3) is 0 Å². The van der Waals surface area contributed by atoms with Crippen molar-refractivity contribution in [1.29, 1.82) is 0 Å². The maximum absolute atomic E-state index is 14.0. The maximum Gasteiger partial charge on any atom is 0.328 e. The number of aliphatic imine (C=N–C) groups is 1. The number of hydrogen-bond donors (Lipinski definition) is 14. The van der Waals surface area contributed by atoms with E-state index in [1.165, 1.54) is 20.8 Å². The number of primary amides is 1. The van der Waals surface area contributed by atoms with E-state index in [9.17, 15) is 68.4 Å². The summed E-state index contributed by atoms with van der Waals surface area (Å²) in [4.78, 5) is 134. The zero-order valence-electron chi connectivity index (χ0n) is 36.0. The second kappa shape index (κ2) is 26.4. The molecule has 0 saturated carbocycles. The molecule has 0 aromatic rings. The molecule has 1 aliphatic rings. The van der Waals surface area contributed by atoms with Crippen LogP contribution in [-0.4, -0.2) is 165 Å². The minimum atomic E-state index is -1.83. The summed E-state index contributed by atoms with van der Waals surface area (Å²) >= 11 is 0. The first kappa shape index (κ1) is 54.9. The van der Waals surface area contributed by atoms with Gasteiger partial charge in [-0.05, 0) is 50.9 Å². The number of amides is 8. The lowest BCUT2D eigenvalue weighted by Crippen LogP contribution is -2.62. The third kappa shape index (κ3) is 18.4. The molecule has 26 nitrogen and oxygen atoms in total. The van der Waals surface area contributed by atoms with Gasteiger partial charge in [0.05, 0.1) is 25.2 Å². The highest BCUT2D eigenvalue weighted by Gasteiger charge is 2.41. The Morgan fingerprint density at radius 2 is 1.22 bits per heavy atom. The van der Waals surface area contributed by atoms with E-state index in [-0.39, 0.29) is 44.7 Å². The van der Waals surface area contributed by atoms with E-state index in [1.54, 1.807) is 13.8 Å². The quantitative estimate of drug-likeness (QED) is 0.0207. The van der Waals surface area contributed by atoms with E-state index in [2.05, 4.69) is 31.6 Å². The molecule has 0 aliphatic carbocycles. The summed E-state index contributed by atoms with van der Waals surface area (Å²) in [6, 6.07) is -11.9. The molecule has 0 unspecified atom stereocenters. The van der Waals surface area contributed by atoms with Crippen LogP contribution in [0.2, 0.25) is 0 Å². The number of aliphatic hydroxyl groups excluding tert-OH is 2. The fourth-order valence-corrected chi connectivity index (χ4v) is 6.29. The van der Waals surface area contributed by atoms with Gasteiger partial charge in [0.2, 0.25) is 47.3 Å². The molecule has 0 bridgehead atoms. The van der Waals surface area contributed by atoms with Crippen LogP contribution in [0.5, 0.6) is 0 Å². The number of carbonyl (C=O) groups is 10. The van der Waals surface area contributed by atoms with Crippen molar-refractivity contribution >= 4 is 65.2 Å². The zero-order chi connectivity index (χ0) is 48.3. The Bertz CT molecular complexity index is 1690. The van der Waals surface area contributed by atoms with Crippen LogP contribution in [0.25, 0.3) is 0 Å². The average Bonchev–Trinajstić information content (AvgIpc) is 3.68. The van der Waals surface area contributed by atoms with E-state index in [1.807, 2.05) is 5.32 Å². The molecule has 1 saturated heterocycles. The number of nitrogens with one attached hydrogen (secondary N) is 6.